The average Bonchev–Trinajstić information content (AvgIpc) is 3.30. The second-order valence-electron chi connectivity index (χ2n) is 7.93. The van der Waals surface area contributed by atoms with Crippen molar-refractivity contribution in [2.45, 2.75) is 45.6 Å². The Bertz CT molecular complexity index is 1100. The summed E-state index contributed by atoms with van der Waals surface area (Å²) in [7, 11) is 0. The molecule has 7 heteroatoms. The van der Waals surface area contributed by atoms with E-state index < -0.39 is 18.1 Å². The summed E-state index contributed by atoms with van der Waals surface area (Å²) in [5, 5.41) is 2.51. The summed E-state index contributed by atoms with van der Waals surface area (Å²) in [6.45, 7) is 4.47. The lowest BCUT2D eigenvalue weighted by atomic mass is 10.0. The van der Waals surface area contributed by atoms with Crippen LogP contribution in [0.3, 0.4) is 0 Å². The fraction of sp³-hybridized carbons (Fsp3) is 0.320. The smallest absolute Gasteiger partial charge is 0.415 e. The van der Waals surface area contributed by atoms with E-state index in [4.69, 9.17) is 9.15 Å². The highest BCUT2D eigenvalue weighted by Crippen LogP contribution is 2.23. The van der Waals surface area contributed by atoms with Crippen LogP contribution in [0.2, 0.25) is 0 Å². The van der Waals surface area contributed by atoms with E-state index in [1.807, 2.05) is 56.3 Å². The molecule has 1 saturated heterocycles. The number of benzene rings is 2. The van der Waals surface area contributed by atoms with Gasteiger partial charge in [0.05, 0.1) is 12.3 Å². The van der Waals surface area contributed by atoms with Crippen molar-refractivity contribution in [2.24, 2.45) is 0 Å². The number of aromatic nitrogens is 1. The molecular formula is C25H26N2O5. The molecule has 1 aliphatic rings. The van der Waals surface area contributed by atoms with Gasteiger partial charge in [0.2, 0.25) is 5.89 Å². The van der Waals surface area contributed by atoms with Crippen LogP contribution in [0.1, 0.15) is 35.4 Å². The number of cyclic esters (lactones) is 2. The molecule has 7 nitrogen and oxygen atoms in total. The maximum atomic E-state index is 11.5. The number of hydrogen-bond donors (Lipinski definition) is 1. The molecule has 1 fully saturated rings. The summed E-state index contributed by atoms with van der Waals surface area (Å²) in [5.41, 5.74) is 4.18. The van der Waals surface area contributed by atoms with Gasteiger partial charge in [0.25, 0.3) is 0 Å². The predicted octanol–water partition coefficient (Wildman–Crippen LogP) is 4.54. The molecule has 2 aromatic carbocycles. The molecule has 1 amide bonds. The number of amides is 1. The van der Waals surface area contributed by atoms with Gasteiger partial charge in [-0.1, -0.05) is 29.8 Å². The van der Waals surface area contributed by atoms with Crippen molar-refractivity contribution in [3.63, 3.8) is 0 Å². The molecule has 166 valence electrons. The van der Waals surface area contributed by atoms with Crippen LogP contribution >= 0.6 is 0 Å². The van der Waals surface area contributed by atoms with Crippen molar-refractivity contribution in [1.82, 2.24) is 10.3 Å². The van der Waals surface area contributed by atoms with Crippen LogP contribution in [-0.4, -0.2) is 29.7 Å². The van der Waals surface area contributed by atoms with Crippen LogP contribution < -0.4 is 10.1 Å². The zero-order valence-corrected chi connectivity index (χ0v) is 18.2. The normalized spacial score (nSPS) is 15.5. The Morgan fingerprint density at radius 1 is 1.06 bits per heavy atom. The van der Waals surface area contributed by atoms with Crippen molar-refractivity contribution < 1.29 is 23.5 Å². The van der Waals surface area contributed by atoms with Gasteiger partial charge >= 0.3 is 12.1 Å². The fourth-order valence-electron chi connectivity index (χ4n) is 3.67. The molecule has 32 heavy (non-hydrogen) atoms. The molecule has 1 aliphatic heterocycles. The Hall–Kier alpha value is -3.61. The predicted molar refractivity (Wildman–Crippen MR) is 118 cm³/mol. The monoisotopic (exact) mass is 434 g/mol. The van der Waals surface area contributed by atoms with Crippen molar-refractivity contribution in [3.05, 3.63) is 71.1 Å². The van der Waals surface area contributed by atoms with Crippen LogP contribution in [0, 0.1) is 13.8 Å². The molecule has 1 unspecified atom stereocenters. The second-order valence-corrected chi connectivity index (χ2v) is 7.93. The Morgan fingerprint density at radius 3 is 2.59 bits per heavy atom. The van der Waals surface area contributed by atoms with Gasteiger partial charge in [0.15, 0.2) is 0 Å². The van der Waals surface area contributed by atoms with Gasteiger partial charge in [-0.15, -0.1) is 0 Å². The lowest BCUT2D eigenvalue weighted by molar-refractivity contribution is -0.135. The van der Waals surface area contributed by atoms with Gasteiger partial charge in [-0.3, -0.25) is 0 Å². The lowest BCUT2D eigenvalue weighted by Gasteiger charge is -2.08. The first kappa shape index (κ1) is 21.6. The molecular weight excluding hydrogens is 408 g/mol. The fourth-order valence-corrected chi connectivity index (χ4v) is 3.67. The van der Waals surface area contributed by atoms with Gasteiger partial charge in [0.1, 0.15) is 17.6 Å². The van der Waals surface area contributed by atoms with E-state index in [1.54, 1.807) is 0 Å². The molecule has 4 rings (SSSR count). The Balaban J connectivity index is 1.23. The largest absolute Gasteiger partial charge is 0.493 e. The third-order valence-corrected chi connectivity index (χ3v) is 5.42. The number of hydrogen-bond acceptors (Lipinski definition) is 6. The molecule has 0 bridgehead atoms. The topological polar surface area (TPSA) is 90.7 Å². The second kappa shape index (κ2) is 9.68. The maximum absolute atomic E-state index is 11.5. The first-order chi connectivity index (χ1) is 15.5. The molecule has 3 aromatic rings. The Kier molecular flexibility index (Phi) is 6.54. The highest BCUT2D eigenvalue weighted by Gasteiger charge is 2.31. The maximum Gasteiger partial charge on any atom is 0.415 e. The lowest BCUT2D eigenvalue weighted by Crippen LogP contribution is -2.28. The number of esters is 1. The molecule has 0 saturated carbocycles. The van der Waals surface area contributed by atoms with Crippen molar-refractivity contribution in [2.75, 3.05) is 6.61 Å². The Morgan fingerprint density at radius 2 is 1.88 bits per heavy atom. The van der Waals surface area contributed by atoms with Crippen LogP contribution in [0.5, 0.6) is 5.75 Å². The number of rotatable bonds is 9. The summed E-state index contributed by atoms with van der Waals surface area (Å²) < 4.78 is 16.2. The van der Waals surface area contributed by atoms with Gasteiger partial charge in [-0.25, -0.2) is 14.6 Å². The molecule has 0 aliphatic carbocycles. The third-order valence-electron chi connectivity index (χ3n) is 5.42. The highest BCUT2D eigenvalue weighted by atomic mass is 16.6. The van der Waals surface area contributed by atoms with E-state index in [1.165, 1.54) is 5.56 Å². The number of nitrogens with zero attached hydrogens (tertiary/aromatic N) is 1. The van der Waals surface area contributed by atoms with E-state index in [0.717, 1.165) is 41.2 Å². The molecule has 1 atom stereocenters. The number of carbonyl (C=O) groups is 2. The van der Waals surface area contributed by atoms with Crippen LogP contribution in [0.4, 0.5) is 4.79 Å². The third kappa shape index (κ3) is 5.35. The molecule has 1 aromatic heterocycles. The molecule has 0 spiro atoms. The first-order valence-corrected chi connectivity index (χ1v) is 10.8. The Labute approximate surface area is 186 Å². The highest BCUT2D eigenvalue weighted by molar-refractivity contribution is 5.95. The minimum Gasteiger partial charge on any atom is -0.493 e. The van der Waals surface area contributed by atoms with Crippen molar-refractivity contribution in [1.29, 1.82) is 0 Å². The van der Waals surface area contributed by atoms with E-state index in [-0.39, 0.29) is 0 Å². The molecule has 0 radical (unpaired) electrons. The van der Waals surface area contributed by atoms with E-state index in [2.05, 4.69) is 21.1 Å². The van der Waals surface area contributed by atoms with E-state index in [0.29, 0.717) is 25.3 Å². The quantitative estimate of drug-likeness (QED) is 0.393. The van der Waals surface area contributed by atoms with Crippen LogP contribution in [-0.2, 0) is 22.4 Å². The SMILES string of the molecule is Cc1cccc(-c2nc(CCOc3ccc(CCCC4NC(=O)OC4=O)cc3)c(C)o2)c1. The van der Waals surface area contributed by atoms with Crippen molar-refractivity contribution >= 4 is 12.1 Å². The minimum absolute atomic E-state index is 0.493. The summed E-state index contributed by atoms with van der Waals surface area (Å²) in [6, 6.07) is 15.5. The van der Waals surface area contributed by atoms with Crippen LogP contribution in [0.15, 0.2) is 52.9 Å². The number of nitrogens with one attached hydrogen (secondary N) is 1. The summed E-state index contributed by atoms with van der Waals surface area (Å²) in [4.78, 5) is 27.1. The number of carbonyl (C=O) groups excluding carboxylic acids is 2. The molecule has 2 heterocycles. The standard InChI is InChI=1S/C25H26N2O5/c1-16-5-3-7-19(15-16)23-26-21(17(2)31-23)13-14-30-20-11-9-18(10-12-20)6-4-8-22-24(28)32-25(29)27-22/h3,5,7,9-12,15,22H,4,6,8,13-14H2,1-2H3,(H,27,29). The number of alkyl carbamates (subject to hydrolysis) is 1. The van der Waals surface area contributed by atoms with Crippen molar-refractivity contribution in [3.8, 4) is 17.2 Å². The van der Waals surface area contributed by atoms with Gasteiger partial charge < -0.3 is 19.2 Å². The van der Waals surface area contributed by atoms with E-state index in [9.17, 15) is 9.59 Å². The summed E-state index contributed by atoms with van der Waals surface area (Å²) in [5.74, 6) is 1.74. The minimum atomic E-state index is -0.659. The van der Waals surface area contributed by atoms with Crippen LogP contribution in [0.25, 0.3) is 11.5 Å². The average molecular weight is 434 g/mol. The zero-order chi connectivity index (χ0) is 22.5. The van der Waals surface area contributed by atoms with Gasteiger partial charge in [-0.2, -0.15) is 0 Å². The van der Waals surface area contributed by atoms with Gasteiger partial charge in [0, 0.05) is 12.0 Å². The summed E-state index contributed by atoms with van der Waals surface area (Å²) >= 11 is 0. The number of ether oxygens (including phenoxy) is 2. The van der Waals surface area contributed by atoms with E-state index >= 15 is 0 Å². The zero-order valence-electron chi connectivity index (χ0n) is 18.2. The summed E-state index contributed by atoms with van der Waals surface area (Å²) in [6.07, 6.45) is 2.14. The number of aryl methyl sites for hydroxylation is 3. The number of oxazole rings is 1. The molecule has 1 N–H and O–H groups in total. The van der Waals surface area contributed by atoms with Gasteiger partial charge in [-0.05, 0) is 62.9 Å². The first-order valence-electron chi connectivity index (χ1n) is 10.8.